The molecule has 1 aliphatic rings. The number of amides is 2. The Morgan fingerprint density at radius 3 is 2.41 bits per heavy atom. The molecule has 2 rings (SSSR count). The van der Waals surface area contributed by atoms with Crippen molar-refractivity contribution >= 4 is 23.4 Å². The molecule has 0 aliphatic carbocycles. The Bertz CT molecular complexity index is 732. The molecule has 1 saturated heterocycles. The number of carbonyl (C=O) groups is 2. The van der Waals surface area contributed by atoms with E-state index in [1.807, 2.05) is 4.90 Å². The van der Waals surface area contributed by atoms with Gasteiger partial charge in [0.15, 0.2) is 0 Å². The highest BCUT2D eigenvalue weighted by molar-refractivity contribution is 6.30. The normalized spacial score (nSPS) is 16.5. The second-order valence-electron chi connectivity index (χ2n) is 7.95. The summed E-state index contributed by atoms with van der Waals surface area (Å²) in [4.78, 5) is 27.1. The maximum absolute atomic E-state index is 13.1. The lowest BCUT2D eigenvalue weighted by atomic mass is 9.96. The van der Waals surface area contributed by atoms with Gasteiger partial charge in [-0.1, -0.05) is 17.7 Å². The van der Waals surface area contributed by atoms with Crippen LogP contribution >= 0.6 is 11.6 Å². The van der Waals surface area contributed by atoms with Crippen LogP contribution in [0.5, 0.6) is 0 Å². The average Bonchev–Trinajstić information content (AvgIpc) is 2.65. The van der Waals surface area contributed by atoms with E-state index < -0.39 is 17.6 Å². The molecule has 9 heteroatoms. The first-order chi connectivity index (χ1) is 13.4. The molecule has 29 heavy (non-hydrogen) atoms. The van der Waals surface area contributed by atoms with Crippen LogP contribution < -0.4 is 5.32 Å². The van der Waals surface area contributed by atoms with Gasteiger partial charge in [0.05, 0.1) is 6.54 Å². The number of nitrogens with one attached hydrogen (secondary N) is 1. The van der Waals surface area contributed by atoms with Crippen molar-refractivity contribution in [2.45, 2.75) is 38.4 Å². The first-order valence-electron chi connectivity index (χ1n) is 9.51. The fraction of sp³-hybridized carbons (Fsp3) is 0.600. The number of alkyl halides is 3. The van der Waals surface area contributed by atoms with Gasteiger partial charge in [0.25, 0.3) is 5.91 Å². The Hall–Kier alpha value is -1.80. The van der Waals surface area contributed by atoms with Crippen LogP contribution in [0, 0.1) is 5.92 Å². The summed E-state index contributed by atoms with van der Waals surface area (Å²) >= 11 is 5.89. The summed E-state index contributed by atoms with van der Waals surface area (Å²) in [6.07, 6.45) is -2.98. The summed E-state index contributed by atoms with van der Waals surface area (Å²) in [6.45, 7) is 3.67. The fourth-order valence-corrected chi connectivity index (χ4v) is 3.31. The molecule has 0 radical (unpaired) electrons. The Balaban J connectivity index is 1.77. The molecule has 1 aliphatic heterocycles. The maximum Gasteiger partial charge on any atom is 0.411 e. The van der Waals surface area contributed by atoms with Gasteiger partial charge >= 0.3 is 6.18 Å². The molecule has 1 aromatic rings. The maximum atomic E-state index is 13.1. The second kappa shape index (κ2) is 9.34. The number of piperidine rings is 1. The molecule has 1 fully saturated rings. The van der Waals surface area contributed by atoms with Crippen molar-refractivity contribution in [2.75, 3.05) is 33.2 Å². The van der Waals surface area contributed by atoms with Crippen LogP contribution in [0.15, 0.2) is 24.3 Å². The lowest BCUT2D eigenvalue weighted by molar-refractivity contribution is -0.217. The van der Waals surface area contributed by atoms with Crippen molar-refractivity contribution in [3.05, 3.63) is 34.9 Å². The lowest BCUT2D eigenvalue weighted by Crippen LogP contribution is -2.57. The van der Waals surface area contributed by atoms with Gasteiger partial charge in [-0.25, -0.2) is 0 Å². The van der Waals surface area contributed by atoms with Crippen molar-refractivity contribution in [1.82, 2.24) is 15.1 Å². The minimum Gasteiger partial charge on any atom is -0.352 e. The molecule has 2 amide bonds. The van der Waals surface area contributed by atoms with E-state index in [1.54, 1.807) is 24.3 Å². The molecule has 1 aromatic carbocycles. The third kappa shape index (κ3) is 6.09. The standard InChI is InChI=1S/C20H27ClF3N3O2/c1-19(2,20(22,23)24)26(3)17(28)13-27-9-7-14(8-10-27)12-25-18(29)15-5-4-6-16(21)11-15/h4-6,11,14H,7-10,12-13H2,1-3H3,(H,25,29). The predicted octanol–water partition coefficient (Wildman–Crippen LogP) is 3.58. The van der Waals surface area contributed by atoms with Crippen LogP contribution in [-0.2, 0) is 4.79 Å². The molecular formula is C20H27ClF3N3O2. The van der Waals surface area contributed by atoms with Crippen LogP contribution in [0.3, 0.4) is 0 Å². The van der Waals surface area contributed by atoms with E-state index >= 15 is 0 Å². The third-order valence-corrected chi connectivity index (χ3v) is 5.85. The number of hydrogen-bond donors (Lipinski definition) is 1. The fourth-order valence-electron chi connectivity index (χ4n) is 3.12. The van der Waals surface area contributed by atoms with E-state index in [0.29, 0.717) is 30.2 Å². The van der Waals surface area contributed by atoms with Gasteiger partial charge in [0, 0.05) is 24.2 Å². The number of halogens is 4. The molecule has 0 saturated carbocycles. The number of likely N-dealkylation sites (tertiary alicyclic amines) is 1. The Morgan fingerprint density at radius 1 is 1.24 bits per heavy atom. The minimum absolute atomic E-state index is 0.0440. The second-order valence-corrected chi connectivity index (χ2v) is 8.39. The van der Waals surface area contributed by atoms with E-state index in [4.69, 9.17) is 11.6 Å². The molecule has 1 N–H and O–H groups in total. The number of likely N-dealkylation sites (N-methyl/N-ethyl adjacent to an activating group) is 1. The number of carbonyl (C=O) groups excluding carboxylic acids is 2. The topological polar surface area (TPSA) is 52.7 Å². The number of rotatable bonds is 6. The molecule has 0 bridgehead atoms. The average molecular weight is 434 g/mol. The lowest BCUT2D eigenvalue weighted by Gasteiger charge is -2.39. The van der Waals surface area contributed by atoms with Crippen molar-refractivity contribution in [1.29, 1.82) is 0 Å². The summed E-state index contributed by atoms with van der Waals surface area (Å²) in [6, 6.07) is 6.70. The summed E-state index contributed by atoms with van der Waals surface area (Å²) in [5.41, 5.74) is -1.72. The van der Waals surface area contributed by atoms with Crippen molar-refractivity contribution in [2.24, 2.45) is 5.92 Å². The highest BCUT2D eigenvalue weighted by atomic mass is 35.5. The van der Waals surface area contributed by atoms with Gasteiger partial charge < -0.3 is 10.2 Å². The molecule has 0 spiro atoms. The Morgan fingerprint density at radius 2 is 1.86 bits per heavy atom. The number of nitrogens with zero attached hydrogens (tertiary/aromatic N) is 2. The van der Waals surface area contributed by atoms with E-state index in [2.05, 4.69) is 5.32 Å². The molecule has 5 nitrogen and oxygen atoms in total. The summed E-state index contributed by atoms with van der Waals surface area (Å²) in [5, 5.41) is 3.38. The molecule has 162 valence electrons. The van der Waals surface area contributed by atoms with Crippen molar-refractivity contribution in [3.63, 3.8) is 0 Å². The van der Waals surface area contributed by atoms with Crippen LogP contribution in [0.4, 0.5) is 13.2 Å². The van der Waals surface area contributed by atoms with Crippen LogP contribution in [0.25, 0.3) is 0 Å². The summed E-state index contributed by atoms with van der Waals surface area (Å²) < 4.78 is 39.4. The van der Waals surface area contributed by atoms with E-state index in [1.165, 1.54) is 7.05 Å². The SMILES string of the molecule is CN(C(=O)CN1CCC(CNC(=O)c2cccc(Cl)c2)CC1)C(C)(C)C(F)(F)F. The highest BCUT2D eigenvalue weighted by Crippen LogP contribution is 2.34. The zero-order valence-electron chi connectivity index (χ0n) is 16.9. The molecular weight excluding hydrogens is 407 g/mol. The minimum atomic E-state index is -4.49. The predicted molar refractivity (Wildman–Crippen MR) is 106 cm³/mol. The van der Waals surface area contributed by atoms with Gasteiger partial charge in [-0.15, -0.1) is 0 Å². The quantitative estimate of drug-likeness (QED) is 0.746. The van der Waals surface area contributed by atoms with Crippen LogP contribution in [0.2, 0.25) is 5.02 Å². The summed E-state index contributed by atoms with van der Waals surface area (Å²) in [7, 11) is 1.19. The zero-order valence-corrected chi connectivity index (χ0v) is 17.6. The van der Waals surface area contributed by atoms with Gasteiger partial charge in [0.1, 0.15) is 5.54 Å². The summed E-state index contributed by atoms with van der Waals surface area (Å²) in [5.74, 6) is -0.491. The van der Waals surface area contributed by atoms with Gasteiger partial charge in [0.2, 0.25) is 5.91 Å². The van der Waals surface area contributed by atoms with E-state index in [9.17, 15) is 22.8 Å². The van der Waals surface area contributed by atoms with Crippen LogP contribution in [-0.4, -0.2) is 66.6 Å². The van der Waals surface area contributed by atoms with Crippen molar-refractivity contribution in [3.8, 4) is 0 Å². The first kappa shape index (κ1) is 23.5. The highest BCUT2D eigenvalue weighted by Gasteiger charge is 2.51. The van der Waals surface area contributed by atoms with Crippen molar-refractivity contribution < 1.29 is 22.8 Å². The van der Waals surface area contributed by atoms with E-state index in [0.717, 1.165) is 31.6 Å². The monoisotopic (exact) mass is 433 g/mol. The largest absolute Gasteiger partial charge is 0.411 e. The van der Waals surface area contributed by atoms with E-state index in [-0.39, 0.29) is 18.4 Å². The molecule has 0 atom stereocenters. The smallest absolute Gasteiger partial charge is 0.352 e. The number of hydrogen-bond acceptors (Lipinski definition) is 3. The third-order valence-electron chi connectivity index (χ3n) is 5.61. The molecule has 1 heterocycles. The Kier molecular flexibility index (Phi) is 7.56. The number of benzene rings is 1. The van der Waals surface area contributed by atoms with Crippen LogP contribution in [0.1, 0.15) is 37.0 Å². The zero-order chi connectivity index (χ0) is 21.8. The van der Waals surface area contributed by atoms with Gasteiger partial charge in [-0.2, -0.15) is 13.2 Å². The van der Waals surface area contributed by atoms with Gasteiger partial charge in [-0.3, -0.25) is 14.5 Å². The first-order valence-corrected chi connectivity index (χ1v) is 9.89. The Labute approximate surface area is 174 Å². The molecule has 0 aromatic heterocycles. The molecule has 0 unspecified atom stereocenters. The van der Waals surface area contributed by atoms with Gasteiger partial charge in [-0.05, 0) is 63.9 Å².